The number of rotatable bonds is 3. The third-order valence-electron chi connectivity index (χ3n) is 2.84. The van der Waals surface area contributed by atoms with Crippen LogP contribution in [0.25, 0.3) is 0 Å². The molecule has 1 amide bonds. The van der Waals surface area contributed by atoms with Crippen LogP contribution < -0.4 is 5.73 Å². The van der Waals surface area contributed by atoms with Crippen molar-refractivity contribution in [2.75, 3.05) is 13.1 Å². The molecular formula is C9H16N2O. The topological polar surface area (TPSA) is 46.3 Å². The van der Waals surface area contributed by atoms with Gasteiger partial charge in [0.25, 0.3) is 0 Å². The lowest BCUT2D eigenvalue weighted by molar-refractivity contribution is -0.128. The Labute approximate surface area is 72.9 Å². The van der Waals surface area contributed by atoms with Gasteiger partial charge in [0.15, 0.2) is 0 Å². The molecule has 0 spiro atoms. The van der Waals surface area contributed by atoms with Gasteiger partial charge < -0.3 is 10.6 Å². The van der Waals surface area contributed by atoms with Gasteiger partial charge in [0.1, 0.15) is 0 Å². The van der Waals surface area contributed by atoms with Gasteiger partial charge in [-0.3, -0.25) is 4.79 Å². The van der Waals surface area contributed by atoms with Crippen LogP contribution >= 0.6 is 0 Å². The van der Waals surface area contributed by atoms with Gasteiger partial charge in [-0.1, -0.05) is 12.8 Å². The summed E-state index contributed by atoms with van der Waals surface area (Å²) in [4.78, 5) is 13.3. The molecule has 0 aromatic rings. The van der Waals surface area contributed by atoms with Crippen molar-refractivity contribution in [3.63, 3.8) is 0 Å². The predicted octanol–water partition coefficient (Wildman–Crippen LogP) is 0.346. The smallest absolute Gasteiger partial charge is 0.239 e. The van der Waals surface area contributed by atoms with E-state index < -0.39 is 0 Å². The average molecular weight is 168 g/mol. The van der Waals surface area contributed by atoms with Crippen molar-refractivity contribution >= 4 is 5.91 Å². The molecule has 3 heteroatoms. The number of hydrogen-bond acceptors (Lipinski definition) is 2. The van der Waals surface area contributed by atoms with Crippen molar-refractivity contribution in [1.29, 1.82) is 0 Å². The lowest BCUT2D eigenvalue weighted by atomic mass is 10.3. The predicted molar refractivity (Wildman–Crippen MR) is 46.5 cm³/mol. The molecule has 1 heterocycles. The van der Waals surface area contributed by atoms with Crippen molar-refractivity contribution in [3.8, 4) is 0 Å². The summed E-state index contributed by atoms with van der Waals surface area (Å²) in [7, 11) is 0. The molecule has 1 aliphatic heterocycles. The number of likely N-dealkylation sites (tertiary alicyclic amines) is 1. The average Bonchev–Trinajstić information content (AvgIpc) is 2.82. The number of carbonyl (C=O) groups is 1. The van der Waals surface area contributed by atoms with E-state index in [0.717, 1.165) is 25.4 Å². The second kappa shape index (κ2) is 3.05. The Bertz CT molecular complexity index is 189. The van der Waals surface area contributed by atoms with Crippen LogP contribution in [0, 0.1) is 5.92 Å². The van der Waals surface area contributed by atoms with Crippen molar-refractivity contribution in [2.45, 2.75) is 31.7 Å². The van der Waals surface area contributed by atoms with Crippen LogP contribution in [-0.2, 0) is 4.79 Å². The number of hydrogen-bond donors (Lipinski definition) is 1. The van der Waals surface area contributed by atoms with Crippen LogP contribution in [0.15, 0.2) is 0 Å². The van der Waals surface area contributed by atoms with E-state index in [1.54, 1.807) is 0 Å². The second-order valence-electron chi connectivity index (χ2n) is 3.95. The molecule has 2 fully saturated rings. The second-order valence-corrected chi connectivity index (χ2v) is 3.95. The molecule has 1 saturated carbocycles. The first-order valence-corrected chi connectivity index (χ1v) is 4.82. The van der Waals surface area contributed by atoms with Crippen molar-refractivity contribution in [2.24, 2.45) is 11.7 Å². The molecule has 1 atom stereocenters. The van der Waals surface area contributed by atoms with E-state index in [2.05, 4.69) is 0 Å². The van der Waals surface area contributed by atoms with Gasteiger partial charge in [0, 0.05) is 13.1 Å². The molecule has 0 radical (unpaired) electrons. The Kier molecular flexibility index (Phi) is 2.05. The summed E-state index contributed by atoms with van der Waals surface area (Å²) in [6.45, 7) is 1.82. The van der Waals surface area contributed by atoms with Crippen LogP contribution in [0.1, 0.15) is 25.7 Å². The number of carbonyl (C=O) groups excluding carboxylic acids is 1. The highest BCUT2D eigenvalue weighted by Gasteiger charge is 2.30. The first-order valence-electron chi connectivity index (χ1n) is 4.82. The molecule has 12 heavy (non-hydrogen) atoms. The van der Waals surface area contributed by atoms with Crippen LogP contribution in [0.2, 0.25) is 0 Å². The Balaban J connectivity index is 1.76. The first-order chi connectivity index (χ1) is 5.77. The summed E-state index contributed by atoms with van der Waals surface area (Å²) in [5.41, 5.74) is 5.60. The highest BCUT2D eigenvalue weighted by atomic mass is 16.2. The zero-order valence-electron chi connectivity index (χ0n) is 7.33. The maximum absolute atomic E-state index is 11.3. The van der Waals surface area contributed by atoms with E-state index in [1.807, 2.05) is 4.90 Å². The van der Waals surface area contributed by atoms with Gasteiger partial charge in [-0.25, -0.2) is 0 Å². The van der Waals surface area contributed by atoms with Gasteiger partial charge in [0.05, 0.1) is 6.04 Å². The molecule has 1 aliphatic carbocycles. The highest BCUT2D eigenvalue weighted by molar-refractivity contribution is 5.83. The molecule has 68 valence electrons. The van der Waals surface area contributed by atoms with E-state index in [9.17, 15) is 4.79 Å². The van der Waals surface area contributed by atoms with Gasteiger partial charge in [-0.05, 0) is 18.8 Å². The first kappa shape index (κ1) is 8.05. The minimum absolute atomic E-state index is 0.163. The largest absolute Gasteiger partial charge is 0.341 e. The Morgan fingerprint density at radius 1 is 1.42 bits per heavy atom. The third-order valence-corrected chi connectivity index (χ3v) is 2.84. The molecule has 2 N–H and O–H groups in total. The molecule has 1 saturated heterocycles. The van der Waals surface area contributed by atoms with Gasteiger partial charge in [-0.15, -0.1) is 0 Å². The third kappa shape index (κ3) is 1.61. The molecular weight excluding hydrogens is 152 g/mol. The van der Waals surface area contributed by atoms with Gasteiger partial charge in [-0.2, -0.15) is 0 Å². The maximum atomic E-state index is 11.3. The highest BCUT2D eigenvalue weighted by Crippen LogP contribution is 2.32. The van der Waals surface area contributed by atoms with Crippen LogP contribution in [-0.4, -0.2) is 29.9 Å². The van der Waals surface area contributed by atoms with E-state index in [-0.39, 0.29) is 11.9 Å². The van der Waals surface area contributed by atoms with Crippen LogP contribution in [0.5, 0.6) is 0 Å². The molecule has 0 aromatic carbocycles. The Hall–Kier alpha value is -0.570. The molecule has 0 bridgehead atoms. The summed E-state index contributed by atoms with van der Waals surface area (Å²) in [5.74, 6) is 1.07. The zero-order valence-corrected chi connectivity index (χ0v) is 7.33. The number of nitrogens with two attached hydrogens (primary N) is 1. The standard InChI is InChI=1S/C9H16N2O/c10-8-4-6-11(9(8)12)5-3-7-1-2-7/h7-8H,1-6,10H2. The van der Waals surface area contributed by atoms with Crippen molar-refractivity contribution in [3.05, 3.63) is 0 Å². The zero-order chi connectivity index (χ0) is 8.55. The minimum Gasteiger partial charge on any atom is -0.341 e. The Morgan fingerprint density at radius 3 is 2.67 bits per heavy atom. The summed E-state index contributed by atoms with van der Waals surface area (Å²) < 4.78 is 0. The summed E-state index contributed by atoms with van der Waals surface area (Å²) in [6, 6.07) is -0.204. The lowest BCUT2D eigenvalue weighted by Gasteiger charge is -2.15. The Morgan fingerprint density at radius 2 is 2.17 bits per heavy atom. The van der Waals surface area contributed by atoms with Crippen molar-refractivity contribution < 1.29 is 4.79 Å². The van der Waals surface area contributed by atoms with Gasteiger partial charge >= 0.3 is 0 Å². The SMILES string of the molecule is NC1CCN(CCC2CC2)C1=O. The maximum Gasteiger partial charge on any atom is 0.239 e. The monoisotopic (exact) mass is 168 g/mol. The summed E-state index contributed by atoms with van der Waals surface area (Å²) in [6.07, 6.45) is 4.78. The summed E-state index contributed by atoms with van der Waals surface area (Å²) >= 11 is 0. The lowest BCUT2D eigenvalue weighted by Crippen LogP contribution is -2.34. The van der Waals surface area contributed by atoms with Crippen LogP contribution in [0.4, 0.5) is 0 Å². The summed E-state index contributed by atoms with van der Waals surface area (Å²) in [5, 5.41) is 0. The quantitative estimate of drug-likeness (QED) is 0.660. The van der Waals surface area contributed by atoms with E-state index in [1.165, 1.54) is 19.3 Å². The van der Waals surface area contributed by atoms with E-state index >= 15 is 0 Å². The molecule has 2 rings (SSSR count). The molecule has 0 aromatic heterocycles. The van der Waals surface area contributed by atoms with E-state index in [4.69, 9.17) is 5.73 Å². The number of amides is 1. The fourth-order valence-corrected chi connectivity index (χ4v) is 1.73. The minimum atomic E-state index is -0.204. The number of nitrogens with zero attached hydrogens (tertiary/aromatic N) is 1. The molecule has 1 unspecified atom stereocenters. The fourth-order valence-electron chi connectivity index (χ4n) is 1.73. The molecule has 2 aliphatic rings. The van der Waals surface area contributed by atoms with E-state index in [0.29, 0.717) is 0 Å². The van der Waals surface area contributed by atoms with Gasteiger partial charge in [0.2, 0.25) is 5.91 Å². The molecule has 3 nitrogen and oxygen atoms in total. The fraction of sp³-hybridized carbons (Fsp3) is 0.889. The van der Waals surface area contributed by atoms with Crippen LogP contribution in [0.3, 0.4) is 0 Å². The normalized spacial score (nSPS) is 29.9. The van der Waals surface area contributed by atoms with Crippen molar-refractivity contribution in [1.82, 2.24) is 4.90 Å².